The number of likely N-dealkylation sites (tertiary alicyclic amines) is 1. The maximum absolute atomic E-state index is 13.0. The Morgan fingerprint density at radius 1 is 1.14 bits per heavy atom. The van der Waals surface area contributed by atoms with Gasteiger partial charge in [0.05, 0.1) is 20.3 Å². The van der Waals surface area contributed by atoms with Crippen LogP contribution >= 0.6 is 15.9 Å². The minimum Gasteiger partial charge on any atom is -0.497 e. The van der Waals surface area contributed by atoms with Crippen molar-refractivity contribution >= 4 is 21.8 Å². The first-order valence-electron chi connectivity index (χ1n) is 9.67. The number of benzene rings is 2. The standard InChI is InChI=1S/C22H24BrNO5/c1-26-15-8-9-18(19(12-15)27-2)20-21(29-16-6-3-5-14(23)11-16)22(25)24(20)13-17-7-4-10-28-17/h3,5-6,8-9,11-12,17,20-21H,4,7,10,13H2,1-2H3/t17-,20+,21-/m0/s1. The molecule has 154 valence electrons. The summed E-state index contributed by atoms with van der Waals surface area (Å²) < 4.78 is 23.7. The molecule has 6 nitrogen and oxygen atoms in total. The van der Waals surface area contributed by atoms with Crippen molar-refractivity contribution in [2.45, 2.75) is 31.1 Å². The number of nitrogens with zero attached hydrogens (tertiary/aromatic N) is 1. The average Bonchev–Trinajstić information content (AvgIpc) is 3.26. The monoisotopic (exact) mass is 461 g/mol. The minimum atomic E-state index is -0.618. The van der Waals surface area contributed by atoms with Crippen molar-refractivity contribution in [2.75, 3.05) is 27.4 Å². The van der Waals surface area contributed by atoms with E-state index in [-0.39, 0.29) is 18.1 Å². The molecule has 2 aliphatic heterocycles. The second-order valence-corrected chi connectivity index (χ2v) is 8.09. The molecule has 2 aliphatic rings. The molecule has 0 N–H and O–H groups in total. The summed E-state index contributed by atoms with van der Waals surface area (Å²) in [5.74, 6) is 1.98. The molecule has 2 fully saturated rings. The highest BCUT2D eigenvalue weighted by atomic mass is 79.9. The van der Waals surface area contributed by atoms with Gasteiger partial charge in [-0.15, -0.1) is 0 Å². The lowest BCUT2D eigenvalue weighted by Crippen LogP contribution is -2.62. The summed E-state index contributed by atoms with van der Waals surface area (Å²) in [6.45, 7) is 1.30. The van der Waals surface area contributed by atoms with Gasteiger partial charge in [0.2, 0.25) is 6.10 Å². The minimum absolute atomic E-state index is 0.0386. The first-order chi connectivity index (χ1) is 14.1. The van der Waals surface area contributed by atoms with Crippen LogP contribution in [-0.2, 0) is 9.53 Å². The van der Waals surface area contributed by atoms with E-state index in [9.17, 15) is 4.79 Å². The molecule has 0 saturated carbocycles. The van der Waals surface area contributed by atoms with Crippen LogP contribution in [-0.4, -0.2) is 50.4 Å². The van der Waals surface area contributed by atoms with Gasteiger partial charge in [0.15, 0.2) is 0 Å². The molecule has 2 aromatic rings. The Morgan fingerprint density at radius 2 is 2.00 bits per heavy atom. The van der Waals surface area contributed by atoms with Gasteiger partial charge in [0.1, 0.15) is 23.3 Å². The molecule has 1 amide bonds. The molecule has 0 aliphatic carbocycles. The van der Waals surface area contributed by atoms with Crippen LogP contribution in [0.4, 0.5) is 0 Å². The maximum atomic E-state index is 13.0. The molecule has 4 rings (SSSR count). The largest absolute Gasteiger partial charge is 0.497 e. The van der Waals surface area contributed by atoms with Gasteiger partial charge in [0, 0.05) is 29.3 Å². The molecule has 2 heterocycles. The van der Waals surface area contributed by atoms with Crippen LogP contribution in [0.5, 0.6) is 17.2 Å². The van der Waals surface area contributed by atoms with E-state index in [0.717, 1.165) is 29.5 Å². The molecule has 0 aromatic heterocycles. The van der Waals surface area contributed by atoms with E-state index in [0.29, 0.717) is 23.8 Å². The highest BCUT2D eigenvalue weighted by Gasteiger charge is 2.52. The molecule has 2 saturated heterocycles. The number of carbonyl (C=O) groups excluding carboxylic acids is 1. The van der Waals surface area contributed by atoms with E-state index in [1.54, 1.807) is 14.2 Å². The van der Waals surface area contributed by atoms with Crippen molar-refractivity contribution in [1.29, 1.82) is 0 Å². The Labute approximate surface area is 178 Å². The Morgan fingerprint density at radius 3 is 2.69 bits per heavy atom. The Balaban J connectivity index is 1.64. The van der Waals surface area contributed by atoms with Crippen molar-refractivity contribution in [3.8, 4) is 17.2 Å². The zero-order chi connectivity index (χ0) is 20.4. The quantitative estimate of drug-likeness (QED) is 0.583. The summed E-state index contributed by atoms with van der Waals surface area (Å²) >= 11 is 3.45. The first kappa shape index (κ1) is 20.0. The van der Waals surface area contributed by atoms with Gasteiger partial charge in [-0.3, -0.25) is 4.79 Å². The molecule has 2 aromatic carbocycles. The van der Waals surface area contributed by atoms with Crippen LogP contribution in [0.3, 0.4) is 0 Å². The number of hydrogen-bond donors (Lipinski definition) is 0. The van der Waals surface area contributed by atoms with Gasteiger partial charge in [0.25, 0.3) is 5.91 Å². The zero-order valence-corrected chi connectivity index (χ0v) is 18.1. The van der Waals surface area contributed by atoms with Crippen LogP contribution in [0, 0.1) is 0 Å². The van der Waals surface area contributed by atoms with Gasteiger partial charge >= 0.3 is 0 Å². The Bertz CT molecular complexity index is 883. The van der Waals surface area contributed by atoms with Gasteiger partial charge < -0.3 is 23.8 Å². The predicted octanol–water partition coefficient (Wildman–Crippen LogP) is 3.98. The van der Waals surface area contributed by atoms with E-state index >= 15 is 0 Å². The van der Waals surface area contributed by atoms with Gasteiger partial charge in [-0.1, -0.05) is 22.0 Å². The second kappa shape index (κ2) is 8.63. The lowest BCUT2D eigenvalue weighted by atomic mass is 9.89. The molecule has 0 bridgehead atoms. The van der Waals surface area contributed by atoms with Crippen LogP contribution in [0.15, 0.2) is 46.9 Å². The fraction of sp³-hybridized carbons (Fsp3) is 0.409. The van der Waals surface area contributed by atoms with Crippen molar-refractivity contribution in [1.82, 2.24) is 4.90 Å². The van der Waals surface area contributed by atoms with E-state index in [2.05, 4.69) is 15.9 Å². The predicted molar refractivity (Wildman–Crippen MR) is 112 cm³/mol. The molecule has 7 heteroatoms. The lowest BCUT2D eigenvalue weighted by molar-refractivity contribution is -0.167. The fourth-order valence-corrected chi connectivity index (χ4v) is 4.30. The molecule has 29 heavy (non-hydrogen) atoms. The number of carbonyl (C=O) groups is 1. The topological polar surface area (TPSA) is 57.2 Å². The molecular weight excluding hydrogens is 438 g/mol. The summed E-state index contributed by atoms with van der Waals surface area (Å²) in [4.78, 5) is 14.8. The zero-order valence-electron chi connectivity index (χ0n) is 16.5. The van der Waals surface area contributed by atoms with E-state index in [1.807, 2.05) is 47.4 Å². The van der Waals surface area contributed by atoms with Crippen LogP contribution in [0.1, 0.15) is 24.4 Å². The van der Waals surface area contributed by atoms with Crippen molar-refractivity contribution < 1.29 is 23.7 Å². The van der Waals surface area contributed by atoms with E-state index < -0.39 is 6.10 Å². The summed E-state index contributed by atoms with van der Waals surface area (Å²) in [6, 6.07) is 12.9. The smallest absolute Gasteiger partial charge is 0.266 e. The maximum Gasteiger partial charge on any atom is 0.266 e. The number of β-lactam (4-membered cyclic amide) rings is 1. The third-order valence-corrected chi connectivity index (χ3v) is 5.89. The number of methoxy groups -OCH3 is 2. The number of rotatable bonds is 7. The number of halogens is 1. The first-order valence-corrected chi connectivity index (χ1v) is 10.5. The highest BCUT2D eigenvalue weighted by Crippen LogP contribution is 2.43. The molecule has 3 atom stereocenters. The van der Waals surface area contributed by atoms with Gasteiger partial charge in [-0.05, 0) is 43.2 Å². The Kier molecular flexibility index (Phi) is 5.96. The fourth-order valence-electron chi connectivity index (χ4n) is 3.92. The lowest BCUT2D eigenvalue weighted by Gasteiger charge is -2.47. The van der Waals surface area contributed by atoms with E-state index in [1.165, 1.54) is 0 Å². The molecular formula is C22H24BrNO5. The normalized spacial score (nSPS) is 23.6. The van der Waals surface area contributed by atoms with Gasteiger partial charge in [-0.2, -0.15) is 0 Å². The third kappa shape index (κ3) is 4.07. The summed E-state index contributed by atoms with van der Waals surface area (Å²) in [5, 5.41) is 0. The van der Waals surface area contributed by atoms with E-state index in [4.69, 9.17) is 18.9 Å². The van der Waals surface area contributed by atoms with Crippen molar-refractivity contribution in [3.63, 3.8) is 0 Å². The molecule has 0 spiro atoms. The second-order valence-electron chi connectivity index (χ2n) is 7.17. The summed E-state index contributed by atoms with van der Waals surface area (Å²) in [6.07, 6.45) is 1.44. The number of amides is 1. The highest BCUT2D eigenvalue weighted by molar-refractivity contribution is 9.10. The molecule has 0 unspecified atom stereocenters. The Hall–Kier alpha value is -2.25. The van der Waals surface area contributed by atoms with Gasteiger partial charge in [-0.25, -0.2) is 0 Å². The number of ether oxygens (including phenoxy) is 4. The van der Waals surface area contributed by atoms with Crippen LogP contribution in [0.2, 0.25) is 0 Å². The summed E-state index contributed by atoms with van der Waals surface area (Å²) in [5.41, 5.74) is 0.894. The van der Waals surface area contributed by atoms with Crippen molar-refractivity contribution in [3.05, 3.63) is 52.5 Å². The van der Waals surface area contributed by atoms with Crippen molar-refractivity contribution in [2.24, 2.45) is 0 Å². The SMILES string of the molecule is COc1ccc([C@@H]2[C@H](Oc3cccc(Br)c3)C(=O)N2C[C@@H]2CCCO2)c(OC)c1. The average molecular weight is 462 g/mol. The summed E-state index contributed by atoms with van der Waals surface area (Å²) in [7, 11) is 3.23. The third-order valence-electron chi connectivity index (χ3n) is 5.39. The van der Waals surface area contributed by atoms with Crippen LogP contribution < -0.4 is 14.2 Å². The van der Waals surface area contributed by atoms with Crippen LogP contribution in [0.25, 0.3) is 0 Å². The number of hydrogen-bond acceptors (Lipinski definition) is 5. The molecule has 0 radical (unpaired) electrons.